The lowest BCUT2D eigenvalue weighted by Gasteiger charge is -2.10. The number of ether oxygens (including phenoxy) is 1. The van der Waals surface area contributed by atoms with Gasteiger partial charge in [-0.2, -0.15) is 0 Å². The molecular formula is C15H23NO3. The van der Waals surface area contributed by atoms with Crippen molar-refractivity contribution < 1.29 is 14.6 Å². The van der Waals surface area contributed by atoms with Gasteiger partial charge in [-0.3, -0.25) is 4.79 Å². The Labute approximate surface area is 114 Å². The molecular weight excluding hydrogens is 242 g/mol. The lowest BCUT2D eigenvalue weighted by molar-refractivity contribution is -0.121. The molecule has 1 rings (SSSR count). The first kappa shape index (κ1) is 15.7. The van der Waals surface area contributed by atoms with Crippen LogP contribution in [0.4, 0.5) is 0 Å². The van der Waals surface area contributed by atoms with Crippen LogP contribution in [0.15, 0.2) is 24.3 Å². The van der Waals surface area contributed by atoms with Gasteiger partial charge < -0.3 is 15.2 Å². The second kappa shape index (κ2) is 8.67. The van der Waals surface area contributed by atoms with E-state index in [0.717, 1.165) is 18.4 Å². The summed E-state index contributed by atoms with van der Waals surface area (Å²) in [7, 11) is 1.52. The molecule has 19 heavy (non-hydrogen) atoms. The molecule has 0 fully saturated rings. The summed E-state index contributed by atoms with van der Waals surface area (Å²) in [6.45, 7) is 2.59. The number of hydrogen-bond acceptors (Lipinski definition) is 3. The Morgan fingerprint density at radius 1 is 1.32 bits per heavy atom. The number of carbonyl (C=O) groups is 1. The molecule has 0 spiro atoms. The second-order valence-electron chi connectivity index (χ2n) is 4.58. The SMILES string of the molecule is CCc1ccc(CCC(=O)NCC(O)COC)cc1. The fourth-order valence-corrected chi connectivity index (χ4v) is 1.77. The average Bonchev–Trinajstić information content (AvgIpc) is 2.44. The first-order chi connectivity index (χ1) is 9.15. The molecule has 0 aliphatic heterocycles. The van der Waals surface area contributed by atoms with Crippen LogP contribution >= 0.6 is 0 Å². The van der Waals surface area contributed by atoms with Gasteiger partial charge in [0.15, 0.2) is 0 Å². The van der Waals surface area contributed by atoms with Crippen LogP contribution in [0.5, 0.6) is 0 Å². The van der Waals surface area contributed by atoms with E-state index in [1.807, 2.05) is 0 Å². The molecule has 0 saturated heterocycles. The van der Waals surface area contributed by atoms with E-state index in [1.54, 1.807) is 0 Å². The summed E-state index contributed by atoms with van der Waals surface area (Å²) in [5.41, 5.74) is 2.46. The molecule has 1 unspecified atom stereocenters. The zero-order valence-electron chi connectivity index (χ0n) is 11.7. The van der Waals surface area contributed by atoms with Crippen molar-refractivity contribution in [3.05, 3.63) is 35.4 Å². The highest BCUT2D eigenvalue weighted by molar-refractivity contribution is 5.76. The predicted octanol–water partition coefficient (Wildman–Crippen LogP) is 1.31. The zero-order valence-corrected chi connectivity index (χ0v) is 11.7. The molecule has 0 radical (unpaired) electrons. The fraction of sp³-hybridized carbons (Fsp3) is 0.533. The highest BCUT2D eigenvalue weighted by Crippen LogP contribution is 2.07. The van der Waals surface area contributed by atoms with Crippen molar-refractivity contribution in [2.45, 2.75) is 32.3 Å². The number of rotatable bonds is 8. The van der Waals surface area contributed by atoms with Gasteiger partial charge in [0.25, 0.3) is 0 Å². The second-order valence-corrected chi connectivity index (χ2v) is 4.58. The first-order valence-corrected chi connectivity index (χ1v) is 6.67. The number of amides is 1. The van der Waals surface area contributed by atoms with Crippen LogP contribution in [0.25, 0.3) is 0 Å². The maximum atomic E-state index is 11.6. The van der Waals surface area contributed by atoms with Gasteiger partial charge in [-0.25, -0.2) is 0 Å². The molecule has 1 aromatic rings. The van der Waals surface area contributed by atoms with Crippen molar-refractivity contribution in [1.82, 2.24) is 5.32 Å². The molecule has 4 heteroatoms. The lowest BCUT2D eigenvalue weighted by atomic mass is 10.1. The Hall–Kier alpha value is -1.39. The number of methoxy groups -OCH3 is 1. The van der Waals surface area contributed by atoms with E-state index in [0.29, 0.717) is 6.42 Å². The Kier molecular flexibility index (Phi) is 7.15. The summed E-state index contributed by atoms with van der Waals surface area (Å²) in [5.74, 6) is -0.0466. The van der Waals surface area contributed by atoms with Crippen molar-refractivity contribution in [2.75, 3.05) is 20.3 Å². The normalized spacial score (nSPS) is 12.2. The fourth-order valence-electron chi connectivity index (χ4n) is 1.77. The number of aliphatic hydroxyl groups excluding tert-OH is 1. The van der Waals surface area contributed by atoms with Crippen molar-refractivity contribution in [1.29, 1.82) is 0 Å². The number of aliphatic hydroxyl groups is 1. The van der Waals surface area contributed by atoms with Gasteiger partial charge in [-0.15, -0.1) is 0 Å². The molecule has 1 aromatic carbocycles. The van der Waals surface area contributed by atoms with Gasteiger partial charge in [0.1, 0.15) is 0 Å². The number of aryl methyl sites for hydroxylation is 2. The monoisotopic (exact) mass is 265 g/mol. The summed E-state index contributed by atoms with van der Waals surface area (Å²) < 4.78 is 4.79. The molecule has 0 aliphatic rings. The van der Waals surface area contributed by atoms with Gasteiger partial charge in [0.05, 0.1) is 12.7 Å². The number of carbonyl (C=O) groups excluding carboxylic acids is 1. The van der Waals surface area contributed by atoms with Crippen molar-refractivity contribution in [3.8, 4) is 0 Å². The van der Waals surface area contributed by atoms with Gasteiger partial charge in [-0.1, -0.05) is 31.2 Å². The summed E-state index contributed by atoms with van der Waals surface area (Å²) in [6.07, 6.45) is 1.54. The van der Waals surface area contributed by atoms with Gasteiger partial charge in [-0.05, 0) is 24.0 Å². The summed E-state index contributed by atoms with van der Waals surface area (Å²) >= 11 is 0. The van der Waals surface area contributed by atoms with E-state index < -0.39 is 6.10 Å². The summed E-state index contributed by atoms with van der Waals surface area (Å²) in [4.78, 5) is 11.6. The van der Waals surface area contributed by atoms with Crippen molar-refractivity contribution >= 4 is 5.91 Å². The van der Waals surface area contributed by atoms with Crippen LogP contribution in [0.1, 0.15) is 24.5 Å². The molecule has 4 nitrogen and oxygen atoms in total. The van der Waals surface area contributed by atoms with E-state index in [4.69, 9.17) is 4.74 Å². The third kappa shape index (κ3) is 6.36. The highest BCUT2D eigenvalue weighted by atomic mass is 16.5. The number of benzene rings is 1. The molecule has 0 heterocycles. The maximum absolute atomic E-state index is 11.6. The third-order valence-corrected chi connectivity index (χ3v) is 2.97. The Balaban J connectivity index is 2.25. The smallest absolute Gasteiger partial charge is 0.220 e. The largest absolute Gasteiger partial charge is 0.389 e. The van der Waals surface area contributed by atoms with Crippen LogP contribution in [0, 0.1) is 0 Å². The van der Waals surface area contributed by atoms with Gasteiger partial charge in [0.2, 0.25) is 5.91 Å². The standard InChI is InChI=1S/C15H23NO3/c1-3-12-4-6-13(7-5-12)8-9-15(18)16-10-14(17)11-19-2/h4-7,14,17H,3,8-11H2,1-2H3,(H,16,18). The van der Waals surface area contributed by atoms with E-state index in [1.165, 1.54) is 12.7 Å². The van der Waals surface area contributed by atoms with Crippen LogP contribution in [-0.2, 0) is 22.4 Å². The summed E-state index contributed by atoms with van der Waals surface area (Å²) in [6, 6.07) is 8.31. The number of hydrogen-bond donors (Lipinski definition) is 2. The molecule has 0 aromatic heterocycles. The van der Waals surface area contributed by atoms with Crippen LogP contribution in [0.2, 0.25) is 0 Å². The zero-order chi connectivity index (χ0) is 14.1. The molecule has 106 valence electrons. The Morgan fingerprint density at radius 2 is 1.95 bits per heavy atom. The maximum Gasteiger partial charge on any atom is 0.220 e. The van der Waals surface area contributed by atoms with E-state index in [2.05, 4.69) is 36.5 Å². The van der Waals surface area contributed by atoms with E-state index in [9.17, 15) is 9.90 Å². The Bertz CT molecular complexity index is 375. The average molecular weight is 265 g/mol. The highest BCUT2D eigenvalue weighted by Gasteiger charge is 2.06. The summed E-state index contributed by atoms with van der Waals surface area (Å²) in [5, 5.41) is 12.1. The quantitative estimate of drug-likeness (QED) is 0.745. The van der Waals surface area contributed by atoms with Gasteiger partial charge in [0, 0.05) is 20.1 Å². The minimum absolute atomic E-state index is 0.0466. The predicted molar refractivity (Wildman–Crippen MR) is 75.0 cm³/mol. The topological polar surface area (TPSA) is 58.6 Å². The van der Waals surface area contributed by atoms with Crippen LogP contribution in [0.3, 0.4) is 0 Å². The third-order valence-electron chi connectivity index (χ3n) is 2.97. The minimum Gasteiger partial charge on any atom is -0.389 e. The Morgan fingerprint density at radius 3 is 2.53 bits per heavy atom. The van der Waals surface area contributed by atoms with Gasteiger partial charge >= 0.3 is 0 Å². The minimum atomic E-state index is -0.641. The van der Waals surface area contributed by atoms with Crippen LogP contribution < -0.4 is 5.32 Å². The lowest BCUT2D eigenvalue weighted by Crippen LogP contribution is -2.34. The molecule has 0 saturated carbocycles. The first-order valence-electron chi connectivity index (χ1n) is 6.67. The van der Waals surface area contributed by atoms with E-state index >= 15 is 0 Å². The molecule has 0 bridgehead atoms. The van der Waals surface area contributed by atoms with Crippen molar-refractivity contribution in [3.63, 3.8) is 0 Å². The molecule has 1 atom stereocenters. The van der Waals surface area contributed by atoms with E-state index in [-0.39, 0.29) is 19.1 Å². The number of nitrogens with one attached hydrogen (secondary N) is 1. The molecule has 0 aliphatic carbocycles. The molecule has 1 amide bonds. The van der Waals surface area contributed by atoms with Crippen LogP contribution in [-0.4, -0.2) is 37.4 Å². The molecule has 2 N–H and O–H groups in total. The van der Waals surface area contributed by atoms with Crippen molar-refractivity contribution in [2.24, 2.45) is 0 Å².